The van der Waals surface area contributed by atoms with Crippen molar-refractivity contribution in [2.45, 2.75) is 19.4 Å². The van der Waals surface area contributed by atoms with Crippen LogP contribution in [0.1, 0.15) is 13.3 Å². The third-order valence-electron chi connectivity index (χ3n) is 2.32. The summed E-state index contributed by atoms with van der Waals surface area (Å²) in [6, 6.07) is 4.99. The quantitative estimate of drug-likeness (QED) is 0.583. The van der Waals surface area contributed by atoms with Crippen molar-refractivity contribution in [1.82, 2.24) is 0 Å². The molecule has 94 valence electrons. The number of nitro benzene ring substituents is 1. The van der Waals surface area contributed by atoms with Gasteiger partial charge in [-0.2, -0.15) is 0 Å². The summed E-state index contributed by atoms with van der Waals surface area (Å²) in [6.07, 6.45) is 0.744. The van der Waals surface area contributed by atoms with Crippen LogP contribution >= 0.6 is 0 Å². The van der Waals surface area contributed by atoms with Gasteiger partial charge in [-0.3, -0.25) is 10.1 Å². The third kappa shape index (κ3) is 3.60. The fourth-order valence-corrected chi connectivity index (χ4v) is 1.45. The standard InChI is InChI=1S/C11H17N3O3/c1-8(12)6-7-13-9-4-3-5-10(17-2)11(9)14(15)16/h3-5,8,13H,6-7,12H2,1-2H3. The Morgan fingerprint density at radius 3 is 2.82 bits per heavy atom. The zero-order valence-corrected chi connectivity index (χ0v) is 9.97. The maximum absolute atomic E-state index is 11.0. The number of ether oxygens (including phenoxy) is 1. The molecule has 1 atom stereocenters. The van der Waals surface area contributed by atoms with E-state index >= 15 is 0 Å². The van der Waals surface area contributed by atoms with Gasteiger partial charge in [-0.15, -0.1) is 0 Å². The molecule has 0 amide bonds. The van der Waals surface area contributed by atoms with Crippen molar-refractivity contribution >= 4 is 11.4 Å². The normalized spacial score (nSPS) is 11.9. The monoisotopic (exact) mass is 239 g/mol. The molecule has 0 aromatic heterocycles. The fraction of sp³-hybridized carbons (Fsp3) is 0.455. The molecule has 0 saturated carbocycles. The first-order chi connectivity index (χ1) is 8.06. The molecule has 0 heterocycles. The number of hydrogen-bond donors (Lipinski definition) is 2. The van der Waals surface area contributed by atoms with Crippen molar-refractivity contribution < 1.29 is 9.66 Å². The van der Waals surface area contributed by atoms with Gasteiger partial charge in [0, 0.05) is 12.6 Å². The van der Waals surface area contributed by atoms with E-state index < -0.39 is 4.92 Å². The summed E-state index contributed by atoms with van der Waals surface area (Å²) in [4.78, 5) is 10.5. The Labute approximate surface area is 99.9 Å². The predicted octanol–water partition coefficient (Wildman–Crippen LogP) is 1.75. The Morgan fingerprint density at radius 2 is 2.29 bits per heavy atom. The van der Waals surface area contributed by atoms with Gasteiger partial charge in [0.25, 0.3) is 0 Å². The van der Waals surface area contributed by atoms with Crippen LogP contribution in [-0.4, -0.2) is 24.6 Å². The Kier molecular flexibility index (Phi) is 4.71. The molecule has 1 aromatic rings. The van der Waals surface area contributed by atoms with Crippen molar-refractivity contribution in [3.8, 4) is 5.75 Å². The Bertz CT molecular complexity index is 394. The van der Waals surface area contributed by atoms with Crippen molar-refractivity contribution in [3.05, 3.63) is 28.3 Å². The second kappa shape index (κ2) is 6.05. The van der Waals surface area contributed by atoms with E-state index in [2.05, 4.69) is 5.32 Å². The largest absolute Gasteiger partial charge is 0.490 e. The van der Waals surface area contributed by atoms with E-state index in [0.29, 0.717) is 12.2 Å². The van der Waals surface area contributed by atoms with Crippen molar-refractivity contribution in [2.24, 2.45) is 5.73 Å². The SMILES string of the molecule is COc1cccc(NCCC(C)N)c1[N+](=O)[O-]. The molecular formula is C11H17N3O3. The molecule has 6 nitrogen and oxygen atoms in total. The van der Waals surface area contributed by atoms with Gasteiger partial charge in [0.1, 0.15) is 5.69 Å². The van der Waals surface area contributed by atoms with Gasteiger partial charge >= 0.3 is 5.69 Å². The first-order valence-corrected chi connectivity index (χ1v) is 5.37. The van der Waals surface area contributed by atoms with E-state index in [-0.39, 0.29) is 17.5 Å². The van der Waals surface area contributed by atoms with Crippen LogP contribution in [0.25, 0.3) is 0 Å². The van der Waals surface area contributed by atoms with Gasteiger partial charge in [0.2, 0.25) is 0 Å². The Morgan fingerprint density at radius 1 is 1.59 bits per heavy atom. The van der Waals surface area contributed by atoms with E-state index in [9.17, 15) is 10.1 Å². The summed E-state index contributed by atoms with van der Waals surface area (Å²) in [5.41, 5.74) is 6.02. The number of nitro groups is 1. The lowest BCUT2D eigenvalue weighted by Gasteiger charge is -2.10. The molecule has 0 aliphatic rings. The molecule has 0 spiro atoms. The number of nitrogens with one attached hydrogen (secondary N) is 1. The van der Waals surface area contributed by atoms with Gasteiger partial charge in [-0.25, -0.2) is 0 Å². The molecular weight excluding hydrogens is 222 g/mol. The van der Waals surface area contributed by atoms with E-state index in [1.165, 1.54) is 7.11 Å². The van der Waals surface area contributed by atoms with Gasteiger partial charge in [0.15, 0.2) is 5.75 Å². The molecule has 3 N–H and O–H groups in total. The van der Waals surface area contributed by atoms with E-state index in [1.807, 2.05) is 6.92 Å². The summed E-state index contributed by atoms with van der Waals surface area (Å²) in [7, 11) is 1.41. The molecule has 0 radical (unpaired) electrons. The maximum atomic E-state index is 11.0. The number of para-hydroxylation sites is 1. The van der Waals surface area contributed by atoms with Crippen LogP contribution in [0.5, 0.6) is 5.75 Å². The van der Waals surface area contributed by atoms with E-state index in [0.717, 1.165) is 6.42 Å². The summed E-state index contributed by atoms with van der Waals surface area (Å²) >= 11 is 0. The predicted molar refractivity (Wildman–Crippen MR) is 66.4 cm³/mol. The lowest BCUT2D eigenvalue weighted by Crippen LogP contribution is -2.19. The van der Waals surface area contributed by atoms with Gasteiger partial charge in [-0.05, 0) is 25.5 Å². The van der Waals surface area contributed by atoms with E-state index in [4.69, 9.17) is 10.5 Å². The van der Waals surface area contributed by atoms with Gasteiger partial charge in [0.05, 0.1) is 12.0 Å². The molecule has 0 fully saturated rings. The Hall–Kier alpha value is -1.82. The van der Waals surface area contributed by atoms with Crippen molar-refractivity contribution in [3.63, 3.8) is 0 Å². The summed E-state index contributed by atoms with van der Waals surface area (Å²) in [5.74, 6) is 0.251. The molecule has 1 rings (SSSR count). The number of rotatable bonds is 6. The first kappa shape index (κ1) is 13.2. The highest BCUT2D eigenvalue weighted by Gasteiger charge is 2.19. The molecule has 0 aliphatic heterocycles. The summed E-state index contributed by atoms with van der Waals surface area (Å²) < 4.78 is 4.97. The average molecular weight is 239 g/mol. The number of benzene rings is 1. The lowest BCUT2D eigenvalue weighted by atomic mass is 10.2. The zero-order chi connectivity index (χ0) is 12.8. The molecule has 1 aromatic carbocycles. The van der Waals surface area contributed by atoms with E-state index in [1.54, 1.807) is 18.2 Å². The van der Waals surface area contributed by atoms with Crippen LogP contribution < -0.4 is 15.8 Å². The molecule has 0 aliphatic carbocycles. The zero-order valence-electron chi connectivity index (χ0n) is 9.97. The highest BCUT2D eigenvalue weighted by atomic mass is 16.6. The minimum atomic E-state index is -0.451. The fourth-order valence-electron chi connectivity index (χ4n) is 1.45. The number of nitrogens with zero attached hydrogens (tertiary/aromatic N) is 1. The maximum Gasteiger partial charge on any atom is 0.333 e. The molecule has 1 unspecified atom stereocenters. The number of methoxy groups -OCH3 is 1. The van der Waals surface area contributed by atoms with Crippen LogP contribution in [0.2, 0.25) is 0 Å². The molecule has 6 heteroatoms. The van der Waals surface area contributed by atoms with Crippen molar-refractivity contribution in [1.29, 1.82) is 0 Å². The summed E-state index contributed by atoms with van der Waals surface area (Å²) in [5, 5.41) is 14.0. The van der Waals surface area contributed by atoms with Crippen LogP contribution in [-0.2, 0) is 0 Å². The van der Waals surface area contributed by atoms with Crippen LogP contribution in [0.3, 0.4) is 0 Å². The summed E-state index contributed by atoms with van der Waals surface area (Å²) in [6.45, 7) is 2.48. The second-order valence-corrected chi connectivity index (χ2v) is 3.81. The smallest absolute Gasteiger partial charge is 0.333 e. The number of anilines is 1. The lowest BCUT2D eigenvalue weighted by molar-refractivity contribution is -0.384. The minimum Gasteiger partial charge on any atom is -0.490 e. The molecule has 17 heavy (non-hydrogen) atoms. The topological polar surface area (TPSA) is 90.4 Å². The highest BCUT2D eigenvalue weighted by Crippen LogP contribution is 2.34. The van der Waals surface area contributed by atoms with Gasteiger partial charge < -0.3 is 15.8 Å². The van der Waals surface area contributed by atoms with Crippen LogP contribution in [0.4, 0.5) is 11.4 Å². The van der Waals surface area contributed by atoms with Crippen molar-refractivity contribution in [2.75, 3.05) is 19.0 Å². The third-order valence-corrected chi connectivity index (χ3v) is 2.32. The highest BCUT2D eigenvalue weighted by molar-refractivity contribution is 5.68. The van der Waals surface area contributed by atoms with Crippen LogP contribution in [0, 0.1) is 10.1 Å². The minimum absolute atomic E-state index is 0.0420. The Balaban J connectivity index is 2.87. The van der Waals surface area contributed by atoms with Crippen LogP contribution in [0.15, 0.2) is 18.2 Å². The second-order valence-electron chi connectivity index (χ2n) is 3.81. The average Bonchev–Trinajstić information content (AvgIpc) is 2.27. The molecule has 0 saturated heterocycles. The van der Waals surface area contributed by atoms with Gasteiger partial charge in [-0.1, -0.05) is 6.07 Å². The first-order valence-electron chi connectivity index (χ1n) is 5.37. The number of nitrogens with two attached hydrogens (primary N) is 1. The molecule has 0 bridgehead atoms. The number of hydrogen-bond acceptors (Lipinski definition) is 5.